The van der Waals surface area contributed by atoms with Crippen LogP contribution in [0, 0.1) is 0 Å². The molecule has 0 saturated heterocycles. The lowest BCUT2D eigenvalue weighted by molar-refractivity contribution is 0.0952. The van der Waals surface area contributed by atoms with Crippen molar-refractivity contribution in [2.24, 2.45) is 0 Å². The molecule has 118 valence electrons. The maximum absolute atomic E-state index is 11.9. The summed E-state index contributed by atoms with van der Waals surface area (Å²) in [6.45, 7) is 3.75. The largest absolute Gasteiger partial charge is 0.370 e. The van der Waals surface area contributed by atoms with Crippen molar-refractivity contribution in [2.45, 2.75) is 39.0 Å². The van der Waals surface area contributed by atoms with E-state index in [1.165, 1.54) is 25.0 Å². The van der Waals surface area contributed by atoms with E-state index < -0.39 is 0 Å². The van der Waals surface area contributed by atoms with Crippen molar-refractivity contribution in [2.75, 3.05) is 30.4 Å². The molecule has 0 saturated carbocycles. The van der Waals surface area contributed by atoms with Gasteiger partial charge in [0.2, 0.25) is 0 Å². The van der Waals surface area contributed by atoms with Crippen LogP contribution in [-0.2, 0) is 0 Å². The molecule has 0 spiro atoms. The van der Waals surface area contributed by atoms with E-state index in [-0.39, 0.29) is 5.91 Å². The summed E-state index contributed by atoms with van der Waals surface area (Å²) in [4.78, 5) is 16.2. The van der Waals surface area contributed by atoms with Crippen LogP contribution in [0.4, 0.5) is 5.82 Å². The molecule has 2 N–H and O–H groups in total. The minimum atomic E-state index is -0.0337. The third-order valence-electron chi connectivity index (χ3n) is 3.14. The maximum atomic E-state index is 11.9. The van der Waals surface area contributed by atoms with Gasteiger partial charge in [-0.2, -0.15) is 11.8 Å². The number of amides is 1. The summed E-state index contributed by atoms with van der Waals surface area (Å²) in [5, 5.41) is 6.14. The van der Waals surface area contributed by atoms with Crippen molar-refractivity contribution in [1.82, 2.24) is 10.3 Å². The zero-order chi connectivity index (χ0) is 15.3. The highest BCUT2D eigenvalue weighted by Gasteiger charge is 2.05. The van der Waals surface area contributed by atoms with E-state index in [1.54, 1.807) is 6.20 Å². The fraction of sp³-hybridized carbons (Fsp3) is 0.625. The lowest BCUT2D eigenvalue weighted by Gasteiger charge is -2.07. The van der Waals surface area contributed by atoms with Gasteiger partial charge in [-0.3, -0.25) is 4.79 Å². The van der Waals surface area contributed by atoms with Crippen LogP contribution < -0.4 is 10.6 Å². The van der Waals surface area contributed by atoms with Crippen molar-refractivity contribution in [3.8, 4) is 0 Å². The molecule has 0 aromatic carbocycles. The second-order valence-electron chi connectivity index (χ2n) is 5.02. The van der Waals surface area contributed by atoms with Crippen LogP contribution in [0.5, 0.6) is 0 Å². The number of carbonyl (C=O) groups is 1. The number of hydrogen-bond acceptors (Lipinski definition) is 4. The highest BCUT2D eigenvalue weighted by Crippen LogP contribution is 2.06. The summed E-state index contributed by atoms with van der Waals surface area (Å²) in [5.41, 5.74) is 0.624. The van der Waals surface area contributed by atoms with E-state index in [0.717, 1.165) is 31.7 Å². The van der Waals surface area contributed by atoms with Crippen LogP contribution in [0.3, 0.4) is 0 Å². The maximum Gasteiger partial charge on any atom is 0.252 e. The van der Waals surface area contributed by atoms with E-state index in [1.807, 2.05) is 23.9 Å². The molecule has 1 heterocycles. The third kappa shape index (κ3) is 7.95. The zero-order valence-electron chi connectivity index (χ0n) is 13.2. The number of anilines is 1. The van der Waals surface area contributed by atoms with Gasteiger partial charge in [0.05, 0.1) is 5.56 Å². The first-order valence-corrected chi connectivity index (χ1v) is 9.14. The summed E-state index contributed by atoms with van der Waals surface area (Å²) in [5.74, 6) is 2.02. The van der Waals surface area contributed by atoms with Crippen molar-refractivity contribution in [1.29, 1.82) is 0 Å². The fourth-order valence-electron chi connectivity index (χ4n) is 1.91. The second-order valence-corrected chi connectivity index (χ2v) is 6.01. The van der Waals surface area contributed by atoms with E-state index >= 15 is 0 Å². The summed E-state index contributed by atoms with van der Waals surface area (Å²) < 4.78 is 0. The van der Waals surface area contributed by atoms with Gasteiger partial charge in [-0.15, -0.1) is 0 Å². The van der Waals surface area contributed by atoms with Crippen LogP contribution in [0.2, 0.25) is 0 Å². The molecule has 0 unspecified atom stereocenters. The Kier molecular flexibility index (Phi) is 9.70. The summed E-state index contributed by atoms with van der Waals surface area (Å²) in [7, 11) is 0. The SMILES string of the molecule is CCCNc1ccc(C(=O)NCCCCCCSC)cn1. The number of rotatable bonds is 11. The summed E-state index contributed by atoms with van der Waals surface area (Å²) >= 11 is 1.89. The first-order valence-electron chi connectivity index (χ1n) is 7.75. The Morgan fingerprint density at radius 1 is 1.19 bits per heavy atom. The molecule has 0 atom stereocenters. The number of thioether (sulfide) groups is 1. The van der Waals surface area contributed by atoms with Crippen molar-refractivity contribution < 1.29 is 4.79 Å². The van der Waals surface area contributed by atoms with Gasteiger partial charge in [-0.1, -0.05) is 19.8 Å². The molecule has 21 heavy (non-hydrogen) atoms. The monoisotopic (exact) mass is 309 g/mol. The molecule has 0 fully saturated rings. The molecule has 1 aromatic heterocycles. The number of carbonyl (C=O) groups excluding carboxylic acids is 1. The quantitative estimate of drug-likeness (QED) is 0.614. The average molecular weight is 309 g/mol. The Hall–Kier alpha value is -1.23. The van der Waals surface area contributed by atoms with Crippen LogP contribution in [0.25, 0.3) is 0 Å². The molecular weight excluding hydrogens is 282 g/mol. The van der Waals surface area contributed by atoms with E-state index in [9.17, 15) is 4.79 Å². The van der Waals surface area contributed by atoms with Gasteiger partial charge >= 0.3 is 0 Å². The first kappa shape index (κ1) is 17.8. The van der Waals surface area contributed by atoms with Gasteiger partial charge in [0.25, 0.3) is 5.91 Å². The minimum Gasteiger partial charge on any atom is -0.370 e. The predicted molar refractivity (Wildman–Crippen MR) is 92.2 cm³/mol. The molecule has 1 amide bonds. The average Bonchev–Trinajstić information content (AvgIpc) is 2.52. The lowest BCUT2D eigenvalue weighted by Crippen LogP contribution is -2.24. The summed E-state index contributed by atoms with van der Waals surface area (Å²) in [6, 6.07) is 3.67. The number of unbranched alkanes of at least 4 members (excludes halogenated alkanes) is 3. The Balaban J connectivity index is 2.19. The van der Waals surface area contributed by atoms with Gasteiger partial charge in [0.1, 0.15) is 5.82 Å². The van der Waals surface area contributed by atoms with Gasteiger partial charge in [0, 0.05) is 19.3 Å². The smallest absolute Gasteiger partial charge is 0.252 e. The second kappa shape index (κ2) is 11.4. The normalized spacial score (nSPS) is 10.4. The Morgan fingerprint density at radius 2 is 2.00 bits per heavy atom. The zero-order valence-corrected chi connectivity index (χ0v) is 14.0. The topological polar surface area (TPSA) is 54.0 Å². The Morgan fingerprint density at radius 3 is 2.67 bits per heavy atom. The highest BCUT2D eigenvalue weighted by atomic mass is 32.2. The van der Waals surface area contributed by atoms with Gasteiger partial charge in [-0.25, -0.2) is 4.98 Å². The van der Waals surface area contributed by atoms with Gasteiger partial charge < -0.3 is 10.6 Å². The molecule has 0 aliphatic rings. The highest BCUT2D eigenvalue weighted by molar-refractivity contribution is 7.98. The van der Waals surface area contributed by atoms with Crippen molar-refractivity contribution in [3.63, 3.8) is 0 Å². The van der Waals surface area contributed by atoms with Crippen LogP contribution in [-0.4, -0.2) is 36.0 Å². The van der Waals surface area contributed by atoms with E-state index in [0.29, 0.717) is 5.56 Å². The minimum absolute atomic E-state index is 0.0337. The molecule has 1 aromatic rings. The predicted octanol–water partition coefficient (Wildman–Crippen LogP) is 3.56. The van der Waals surface area contributed by atoms with Crippen molar-refractivity contribution >= 4 is 23.5 Å². The number of hydrogen-bond donors (Lipinski definition) is 2. The fourth-order valence-corrected chi connectivity index (χ4v) is 2.41. The Labute approximate surface area is 132 Å². The molecule has 1 rings (SSSR count). The Bertz CT molecular complexity index is 395. The van der Waals surface area contributed by atoms with Crippen LogP contribution in [0.1, 0.15) is 49.4 Å². The van der Waals surface area contributed by atoms with E-state index in [2.05, 4.69) is 28.8 Å². The molecule has 0 aliphatic carbocycles. The molecule has 0 radical (unpaired) electrons. The third-order valence-corrected chi connectivity index (χ3v) is 3.84. The number of pyridine rings is 1. The molecule has 5 heteroatoms. The van der Waals surface area contributed by atoms with E-state index in [4.69, 9.17) is 0 Å². The molecule has 0 aliphatic heterocycles. The molecular formula is C16H27N3OS. The number of nitrogens with zero attached hydrogens (tertiary/aromatic N) is 1. The number of aromatic nitrogens is 1. The first-order chi connectivity index (χ1) is 10.3. The summed E-state index contributed by atoms with van der Waals surface area (Å²) in [6.07, 6.45) is 9.56. The van der Waals surface area contributed by atoms with Gasteiger partial charge in [0.15, 0.2) is 0 Å². The molecule has 4 nitrogen and oxygen atoms in total. The van der Waals surface area contributed by atoms with Gasteiger partial charge in [-0.05, 0) is 43.4 Å². The lowest BCUT2D eigenvalue weighted by atomic mass is 10.2. The number of nitrogens with one attached hydrogen (secondary N) is 2. The van der Waals surface area contributed by atoms with Crippen LogP contribution in [0.15, 0.2) is 18.3 Å². The van der Waals surface area contributed by atoms with Crippen LogP contribution >= 0.6 is 11.8 Å². The standard InChI is InChI=1S/C16H27N3OS/c1-3-10-17-15-9-8-14(13-19-15)16(20)18-11-6-4-5-7-12-21-2/h8-9,13H,3-7,10-12H2,1-2H3,(H,17,19)(H,18,20). The molecule has 0 bridgehead atoms. The van der Waals surface area contributed by atoms with Crippen molar-refractivity contribution in [3.05, 3.63) is 23.9 Å².